The molecule has 0 saturated carbocycles. The van der Waals surface area contributed by atoms with Crippen molar-refractivity contribution >= 4 is 29.7 Å². The van der Waals surface area contributed by atoms with Gasteiger partial charge in [-0.1, -0.05) is 38.1 Å². The highest BCUT2D eigenvalue weighted by Crippen LogP contribution is 2.14. The maximum Gasteiger partial charge on any atom is 0.326 e. The molecule has 4 atom stereocenters. The predicted molar refractivity (Wildman–Crippen MR) is 147 cm³/mol. The molecule has 9 N–H and O–H groups in total. The Balaban J connectivity index is 2.24. The molecule has 0 fully saturated rings. The third kappa shape index (κ3) is 10.8. The van der Waals surface area contributed by atoms with E-state index >= 15 is 0 Å². The first-order chi connectivity index (χ1) is 19.3. The minimum absolute atomic E-state index is 0.00373. The molecule has 0 radical (unpaired) electrons. The number of amides is 3. The van der Waals surface area contributed by atoms with Crippen molar-refractivity contribution < 1.29 is 44.4 Å². The van der Waals surface area contributed by atoms with Crippen molar-refractivity contribution in [2.45, 2.75) is 63.7 Å². The Morgan fingerprint density at radius 2 is 1.17 bits per heavy atom. The second kappa shape index (κ2) is 15.2. The van der Waals surface area contributed by atoms with Crippen LogP contribution >= 0.6 is 0 Å². The van der Waals surface area contributed by atoms with Gasteiger partial charge in [-0.15, -0.1) is 0 Å². The van der Waals surface area contributed by atoms with Crippen molar-refractivity contribution in [2.75, 3.05) is 0 Å². The van der Waals surface area contributed by atoms with Crippen molar-refractivity contribution in [3.63, 3.8) is 0 Å². The summed E-state index contributed by atoms with van der Waals surface area (Å²) in [5, 5.41) is 45.2. The summed E-state index contributed by atoms with van der Waals surface area (Å²) >= 11 is 0. The Hall–Kier alpha value is -4.65. The predicted octanol–water partition coefficient (Wildman–Crippen LogP) is 0.270. The molecule has 3 amide bonds. The first kappa shape index (κ1) is 32.6. The molecule has 0 aliphatic heterocycles. The maximum absolute atomic E-state index is 13.3. The molecule has 13 nitrogen and oxygen atoms in total. The number of hydrogen-bond acceptors (Lipinski definition) is 8. The first-order valence-electron chi connectivity index (χ1n) is 12.9. The fourth-order valence-corrected chi connectivity index (χ4v) is 3.88. The molecule has 0 bridgehead atoms. The monoisotopic (exact) mass is 572 g/mol. The number of rotatable bonds is 15. The molecule has 0 spiro atoms. The Morgan fingerprint density at radius 3 is 1.61 bits per heavy atom. The summed E-state index contributed by atoms with van der Waals surface area (Å²) in [6.45, 7) is 3.31. The first-order valence-corrected chi connectivity index (χ1v) is 12.9. The average Bonchev–Trinajstić information content (AvgIpc) is 2.91. The maximum atomic E-state index is 13.3. The van der Waals surface area contributed by atoms with E-state index in [1.165, 1.54) is 48.5 Å². The van der Waals surface area contributed by atoms with E-state index in [4.69, 9.17) is 10.8 Å². The third-order valence-electron chi connectivity index (χ3n) is 6.25. The summed E-state index contributed by atoms with van der Waals surface area (Å²) in [4.78, 5) is 61.9. The van der Waals surface area contributed by atoms with Gasteiger partial charge in [0.05, 0.1) is 6.04 Å². The van der Waals surface area contributed by atoms with Crippen LogP contribution in [0.4, 0.5) is 0 Å². The molecule has 0 saturated heterocycles. The number of aromatic hydroxyl groups is 2. The molecule has 222 valence electrons. The molecular weight excluding hydrogens is 536 g/mol. The summed E-state index contributed by atoms with van der Waals surface area (Å²) in [7, 11) is 0. The summed E-state index contributed by atoms with van der Waals surface area (Å²) in [5.74, 6) is -5.18. The van der Waals surface area contributed by atoms with E-state index in [0.717, 1.165) is 0 Å². The number of aliphatic carboxylic acids is 2. The molecular formula is C28H36N4O9. The van der Waals surface area contributed by atoms with Crippen molar-refractivity contribution in [1.29, 1.82) is 0 Å². The fourth-order valence-electron chi connectivity index (χ4n) is 3.88. The van der Waals surface area contributed by atoms with E-state index in [-0.39, 0.29) is 37.2 Å². The van der Waals surface area contributed by atoms with E-state index in [9.17, 15) is 39.3 Å². The van der Waals surface area contributed by atoms with Gasteiger partial charge in [-0.2, -0.15) is 0 Å². The lowest BCUT2D eigenvalue weighted by molar-refractivity contribution is -0.142. The van der Waals surface area contributed by atoms with E-state index in [0.29, 0.717) is 11.1 Å². The quantitative estimate of drug-likeness (QED) is 0.145. The lowest BCUT2D eigenvalue weighted by Crippen LogP contribution is -2.59. The number of carbonyl (C=O) groups excluding carboxylic acids is 3. The normalized spacial score (nSPS) is 13.9. The molecule has 2 aromatic carbocycles. The van der Waals surface area contributed by atoms with Crippen LogP contribution in [-0.4, -0.2) is 74.3 Å². The minimum atomic E-state index is -1.36. The molecule has 0 aromatic heterocycles. The highest BCUT2D eigenvalue weighted by Gasteiger charge is 2.32. The van der Waals surface area contributed by atoms with E-state index < -0.39 is 59.7 Å². The van der Waals surface area contributed by atoms with Crippen molar-refractivity contribution in [1.82, 2.24) is 16.0 Å². The van der Waals surface area contributed by atoms with Gasteiger partial charge in [0.2, 0.25) is 17.7 Å². The highest BCUT2D eigenvalue weighted by molar-refractivity contribution is 5.94. The van der Waals surface area contributed by atoms with Crippen LogP contribution in [0.3, 0.4) is 0 Å². The zero-order chi connectivity index (χ0) is 30.7. The van der Waals surface area contributed by atoms with Gasteiger partial charge in [-0.25, -0.2) is 4.79 Å². The van der Waals surface area contributed by atoms with Crippen LogP contribution in [0.2, 0.25) is 0 Å². The van der Waals surface area contributed by atoms with Crippen molar-refractivity contribution in [3.8, 4) is 11.5 Å². The van der Waals surface area contributed by atoms with Crippen LogP contribution in [0.15, 0.2) is 48.5 Å². The van der Waals surface area contributed by atoms with E-state index in [1.807, 2.05) is 0 Å². The smallest absolute Gasteiger partial charge is 0.326 e. The SMILES string of the molecule is CC(C)C(NC(=O)C(N)CCC(=O)O)C(=O)NC(Cc1ccc(O)cc1)C(=O)NC(Cc1ccc(O)cc1)C(=O)O. The standard InChI is InChI=1S/C28H36N4O9/c1-15(2)24(32-25(37)20(29)11-12-23(35)36)27(39)30-21(13-16-3-7-18(33)8-4-16)26(38)31-22(28(40)41)14-17-5-9-19(34)10-6-17/h3-10,15,20-22,24,33-34H,11-14,29H2,1-2H3,(H,30,39)(H,31,38)(H,32,37)(H,35,36)(H,40,41). The number of nitrogens with one attached hydrogen (secondary N) is 3. The molecule has 2 rings (SSSR count). The van der Waals surface area contributed by atoms with Gasteiger partial charge in [0, 0.05) is 19.3 Å². The van der Waals surface area contributed by atoms with Gasteiger partial charge in [0.15, 0.2) is 0 Å². The van der Waals surface area contributed by atoms with Crippen LogP contribution in [0, 0.1) is 5.92 Å². The number of carboxylic acids is 2. The van der Waals surface area contributed by atoms with Crippen molar-refractivity contribution in [3.05, 3.63) is 59.7 Å². The highest BCUT2D eigenvalue weighted by atomic mass is 16.4. The molecule has 0 aliphatic carbocycles. The zero-order valence-corrected chi connectivity index (χ0v) is 22.7. The second-order valence-corrected chi connectivity index (χ2v) is 9.97. The minimum Gasteiger partial charge on any atom is -0.508 e. The van der Waals surface area contributed by atoms with Gasteiger partial charge < -0.3 is 42.1 Å². The summed E-state index contributed by atoms with van der Waals surface area (Å²) in [6, 6.07) is 6.73. The summed E-state index contributed by atoms with van der Waals surface area (Å²) in [6.07, 6.45) is -0.644. The summed E-state index contributed by atoms with van der Waals surface area (Å²) < 4.78 is 0. The number of benzene rings is 2. The van der Waals surface area contributed by atoms with Gasteiger partial charge >= 0.3 is 11.9 Å². The zero-order valence-electron chi connectivity index (χ0n) is 22.7. The molecule has 41 heavy (non-hydrogen) atoms. The average molecular weight is 573 g/mol. The lowest BCUT2D eigenvalue weighted by Gasteiger charge is -2.27. The van der Waals surface area contributed by atoms with Gasteiger partial charge in [0.25, 0.3) is 0 Å². The summed E-state index contributed by atoms with van der Waals surface area (Å²) in [5.41, 5.74) is 6.86. The number of nitrogens with two attached hydrogens (primary N) is 1. The van der Waals surface area contributed by atoms with E-state index in [2.05, 4.69) is 16.0 Å². The largest absolute Gasteiger partial charge is 0.508 e. The molecule has 0 heterocycles. The van der Waals surface area contributed by atoms with Crippen molar-refractivity contribution in [2.24, 2.45) is 11.7 Å². The van der Waals surface area contributed by atoms with Crippen LogP contribution in [-0.2, 0) is 36.8 Å². The topological polar surface area (TPSA) is 228 Å². The lowest BCUT2D eigenvalue weighted by atomic mass is 9.99. The van der Waals surface area contributed by atoms with Gasteiger partial charge in [-0.3, -0.25) is 19.2 Å². The number of phenols is 2. The van der Waals surface area contributed by atoms with Crippen LogP contribution in [0.5, 0.6) is 11.5 Å². The van der Waals surface area contributed by atoms with Crippen LogP contribution in [0.25, 0.3) is 0 Å². The second-order valence-electron chi connectivity index (χ2n) is 9.97. The van der Waals surface area contributed by atoms with Gasteiger partial charge in [0.1, 0.15) is 29.6 Å². The molecule has 13 heteroatoms. The van der Waals surface area contributed by atoms with Gasteiger partial charge in [-0.05, 0) is 47.7 Å². The third-order valence-corrected chi connectivity index (χ3v) is 6.25. The number of hydrogen-bond donors (Lipinski definition) is 8. The number of phenolic OH excluding ortho intramolecular Hbond substituents is 2. The molecule has 0 aliphatic rings. The Morgan fingerprint density at radius 1 is 0.707 bits per heavy atom. The Bertz CT molecular complexity index is 1220. The van der Waals surface area contributed by atoms with Crippen LogP contribution in [0.1, 0.15) is 37.8 Å². The number of carbonyl (C=O) groups is 5. The molecule has 2 aromatic rings. The molecule has 4 unspecified atom stereocenters. The van der Waals surface area contributed by atoms with E-state index in [1.54, 1.807) is 13.8 Å². The Kier molecular flexibility index (Phi) is 12.1. The fraction of sp³-hybridized carbons (Fsp3) is 0.393. The van der Waals surface area contributed by atoms with Crippen LogP contribution < -0.4 is 21.7 Å². The number of carboxylic acid groups (broad SMARTS) is 2. The Labute approximate surface area is 236 Å².